The molecule has 1 aromatic carbocycles. The van der Waals surface area contributed by atoms with Gasteiger partial charge in [0.05, 0.1) is 0 Å². The normalized spacial score (nSPS) is 15.0. The molecular formula is C19H20N2O3. The van der Waals surface area contributed by atoms with E-state index < -0.39 is 0 Å². The molecule has 3 rings (SSSR count). The average Bonchev–Trinajstić information content (AvgIpc) is 3.05. The van der Waals surface area contributed by atoms with E-state index in [1.54, 1.807) is 15.9 Å². The summed E-state index contributed by atoms with van der Waals surface area (Å²) in [7, 11) is 0. The molecular weight excluding hydrogens is 304 g/mol. The number of benzene rings is 1. The van der Waals surface area contributed by atoms with Gasteiger partial charge in [0.15, 0.2) is 0 Å². The molecule has 2 amide bonds. The lowest BCUT2D eigenvalue weighted by Crippen LogP contribution is -2.50. The minimum atomic E-state index is -0.0594. The fourth-order valence-electron chi connectivity index (χ4n) is 2.70. The first-order chi connectivity index (χ1) is 11.6. The SMILES string of the molecule is Cc1ccc(/C=C/C(=O)N2CCN(C(=O)c3ccccc3)CC2)o1. The second-order valence-corrected chi connectivity index (χ2v) is 5.77. The first-order valence-corrected chi connectivity index (χ1v) is 8.01. The molecule has 0 spiro atoms. The van der Waals surface area contributed by atoms with Gasteiger partial charge >= 0.3 is 0 Å². The number of nitrogens with zero attached hydrogens (tertiary/aromatic N) is 2. The summed E-state index contributed by atoms with van der Waals surface area (Å²) in [6.07, 6.45) is 3.20. The van der Waals surface area contributed by atoms with Gasteiger partial charge in [0.1, 0.15) is 11.5 Å². The Morgan fingerprint density at radius 2 is 1.62 bits per heavy atom. The van der Waals surface area contributed by atoms with Gasteiger partial charge in [0, 0.05) is 37.8 Å². The van der Waals surface area contributed by atoms with E-state index in [2.05, 4.69) is 0 Å². The minimum absolute atomic E-state index is 0.0179. The lowest BCUT2D eigenvalue weighted by atomic mass is 10.2. The van der Waals surface area contributed by atoms with Crippen molar-refractivity contribution < 1.29 is 14.0 Å². The number of furan rings is 1. The van der Waals surface area contributed by atoms with E-state index in [-0.39, 0.29) is 11.8 Å². The Labute approximate surface area is 141 Å². The number of piperazine rings is 1. The number of carbonyl (C=O) groups is 2. The van der Waals surface area contributed by atoms with E-state index in [9.17, 15) is 9.59 Å². The van der Waals surface area contributed by atoms with Gasteiger partial charge in [-0.05, 0) is 37.3 Å². The van der Waals surface area contributed by atoms with E-state index in [1.165, 1.54) is 6.08 Å². The predicted molar refractivity (Wildman–Crippen MR) is 91.4 cm³/mol. The average molecular weight is 324 g/mol. The van der Waals surface area contributed by atoms with Gasteiger partial charge in [0.2, 0.25) is 5.91 Å². The van der Waals surface area contributed by atoms with Crippen molar-refractivity contribution in [2.24, 2.45) is 0 Å². The molecule has 24 heavy (non-hydrogen) atoms. The summed E-state index contributed by atoms with van der Waals surface area (Å²) < 4.78 is 5.41. The lowest BCUT2D eigenvalue weighted by Gasteiger charge is -2.34. The van der Waals surface area contributed by atoms with Crippen molar-refractivity contribution in [2.45, 2.75) is 6.92 Å². The summed E-state index contributed by atoms with van der Waals surface area (Å²) >= 11 is 0. The van der Waals surface area contributed by atoms with Crippen LogP contribution in [0, 0.1) is 6.92 Å². The zero-order chi connectivity index (χ0) is 16.9. The fourth-order valence-corrected chi connectivity index (χ4v) is 2.70. The van der Waals surface area contributed by atoms with Crippen LogP contribution in [0.5, 0.6) is 0 Å². The molecule has 1 aliphatic rings. The zero-order valence-electron chi connectivity index (χ0n) is 13.6. The summed E-state index contributed by atoms with van der Waals surface area (Å²) in [6, 6.07) is 12.9. The molecule has 2 aromatic rings. The highest BCUT2D eigenvalue weighted by Crippen LogP contribution is 2.11. The van der Waals surface area contributed by atoms with Crippen LogP contribution >= 0.6 is 0 Å². The third-order valence-electron chi connectivity index (χ3n) is 4.05. The van der Waals surface area contributed by atoms with Gasteiger partial charge in [-0.15, -0.1) is 0 Å². The third kappa shape index (κ3) is 3.74. The molecule has 1 aliphatic heterocycles. The van der Waals surface area contributed by atoms with Crippen LogP contribution in [0.1, 0.15) is 21.9 Å². The highest BCUT2D eigenvalue weighted by atomic mass is 16.3. The summed E-state index contributed by atoms with van der Waals surface area (Å²) in [5.74, 6) is 1.44. The molecule has 1 fully saturated rings. The number of carbonyl (C=O) groups excluding carboxylic acids is 2. The Balaban J connectivity index is 1.54. The first-order valence-electron chi connectivity index (χ1n) is 8.01. The molecule has 1 saturated heterocycles. The predicted octanol–water partition coefficient (Wildman–Crippen LogP) is 2.59. The van der Waals surface area contributed by atoms with E-state index >= 15 is 0 Å². The molecule has 2 heterocycles. The maximum atomic E-state index is 12.4. The van der Waals surface area contributed by atoms with Crippen LogP contribution in [-0.4, -0.2) is 47.8 Å². The first kappa shape index (κ1) is 16.1. The quantitative estimate of drug-likeness (QED) is 0.816. The van der Waals surface area contributed by atoms with Gasteiger partial charge in [-0.2, -0.15) is 0 Å². The summed E-state index contributed by atoms with van der Waals surface area (Å²) in [6.45, 7) is 4.04. The monoisotopic (exact) mass is 324 g/mol. The minimum Gasteiger partial charge on any atom is -0.462 e. The van der Waals surface area contributed by atoms with Gasteiger partial charge < -0.3 is 14.2 Å². The third-order valence-corrected chi connectivity index (χ3v) is 4.05. The molecule has 0 bridgehead atoms. The van der Waals surface area contributed by atoms with Gasteiger partial charge in [-0.25, -0.2) is 0 Å². The summed E-state index contributed by atoms with van der Waals surface area (Å²) in [4.78, 5) is 28.1. The maximum Gasteiger partial charge on any atom is 0.253 e. The summed E-state index contributed by atoms with van der Waals surface area (Å²) in [5, 5.41) is 0. The van der Waals surface area contributed by atoms with Crippen molar-refractivity contribution >= 4 is 17.9 Å². The molecule has 0 radical (unpaired) electrons. The van der Waals surface area contributed by atoms with Crippen LogP contribution in [0.4, 0.5) is 0 Å². The zero-order valence-corrected chi connectivity index (χ0v) is 13.6. The van der Waals surface area contributed by atoms with Crippen molar-refractivity contribution in [1.82, 2.24) is 9.80 Å². The fraction of sp³-hybridized carbons (Fsp3) is 0.263. The summed E-state index contributed by atoms with van der Waals surface area (Å²) in [5.41, 5.74) is 0.686. The lowest BCUT2D eigenvalue weighted by molar-refractivity contribution is -0.127. The second-order valence-electron chi connectivity index (χ2n) is 5.77. The van der Waals surface area contributed by atoms with Crippen LogP contribution in [0.15, 0.2) is 53.0 Å². The number of aryl methyl sites for hydroxylation is 1. The molecule has 5 heteroatoms. The van der Waals surface area contributed by atoms with E-state index in [4.69, 9.17) is 4.42 Å². The molecule has 0 saturated carbocycles. The standard InChI is InChI=1S/C19H20N2O3/c1-15-7-8-17(24-15)9-10-18(22)20-11-13-21(14-12-20)19(23)16-5-3-2-4-6-16/h2-10H,11-14H2,1H3/b10-9+. The van der Waals surface area contributed by atoms with Gasteiger partial charge in [0.25, 0.3) is 5.91 Å². The van der Waals surface area contributed by atoms with Crippen LogP contribution in [-0.2, 0) is 4.79 Å². The molecule has 5 nitrogen and oxygen atoms in total. The van der Waals surface area contributed by atoms with E-state index in [0.717, 1.165) is 5.76 Å². The van der Waals surface area contributed by atoms with Crippen molar-refractivity contribution in [1.29, 1.82) is 0 Å². The van der Waals surface area contributed by atoms with Crippen LogP contribution in [0.25, 0.3) is 6.08 Å². The Kier molecular flexibility index (Phi) is 4.79. The van der Waals surface area contributed by atoms with Crippen LogP contribution in [0.2, 0.25) is 0 Å². The van der Waals surface area contributed by atoms with Crippen LogP contribution < -0.4 is 0 Å². The van der Waals surface area contributed by atoms with E-state index in [0.29, 0.717) is 37.5 Å². The molecule has 0 N–H and O–H groups in total. The van der Waals surface area contributed by atoms with Gasteiger partial charge in [-0.1, -0.05) is 18.2 Å². The van der Waals surface area contributed by atoms with Crippen LogP contribution in [0.3, 0.4) is 0 Å². The van der Waals surface area contributed by atoms with Crippen molar-refractivity contribution in [2.75, 3.05) is 26.2 Å². The largest absolute Gasteiger partial charge is 0.462 e. The molecule has 0 atom stereocenters. The molecule has 1 aromatic heterocycles. The Bertz CT molecular complexity index is 741. The van der Waals surface area contributed by atoms with Crippen molar-refractivity contribution in [3.63, 3.8) is 0 Å². The molecule has 0 aliphatic carbocycles. The number of hydrogen-bond donors (Lipinski definition) is 0. The Hall–Kier alpha value is -2.82. The second kappa shape index (κ2) is 7.17. The maximum absolute atomic E-state index is 12.4. The highest BCUT2D eigenvalue weighted by molar-refractivity contribution is 5.95. The topological polar surface area (TPSA) is 53.8 Å². The smallest absolute Gasteiger partial charge is 0.253 e. The Morgan fingerprint density at radius 3 is 2.25 bits per heavy atom. The molecule has 124 valence electrons. The van der Waals surface area contributed by atoms with Crippen molar-refractivity contribution in [3.05, 3.63) is 65.6 Å². The number of hydrogen-bond acceptors (Lipinski definition) is 3. The number of amides is 2. The Morgan fingerprint density at radius 1 is 0.958 bits per heavy atom. The number of rotatable bonds is 3. The van der Waals surface area contributed by atoms with Crippen molar-refractivity contribution in [3.8, 4) is 0 Å². The van der Waals surface area contributed by atoms with Gasteiger partial charge in [-0.3, -0.25) is 9.59 Å². The van der Waals surface area contributed by atoms with E-state index in [1.807, 2.05) is 49.4 Å². The molecule has 0 unspecified atom stereocenters. The highest BCUT2D eigenvalue weighted by Gasteiger charge is 2.23.